The van der Waals surface area contributed by atoms with Gasteiger partial charge in [0.1, 0.15) is 5.82 Å². The van der Waals surface area contributed by atoms with E-state index in [2.05, 4.69) is 20.6 Å². The summed E-state index contributed by atoms with van der Waals surface area (Å²) in [5.74, 6) is 0.785. The van der Waals surface area contributed by atoms with Gasteiger partial charge in [-0.2, -0.15) is 0 Å². The molecule has 1 unspecified atom stereocenters. The van der Waals surface area contributed by atoms with Gasteiger partial charge < -0.3 is 20.5 Å². The van der Waals surface area contributed by atoms with Crippen LogP contribution in [0.15, 0.2) is 54.6 Å². The summed E-state index contributed by atoms with van der Waals surface area (Å²) in [4.78, 5) is 34.2. The van der Waals surface area contributed by atoms with Crippen molar-refractivity contribution in [3.8, 4) is 0 Å². The molecule has 0 saturated carbocycles. The van der Waals surface area contributed by atoms with Crippen LogP contribution in [-0.2, 0) is 11.3 Å². The van der Waals surface area contributed by atoms with Crippen LogP contribution in [0.1, 0.15) is 37.7 Å². The molecule has 0 bridgehead atoms. The minimum Gasteiger partial charge on any atom is -0.346 e. The number of para-hydroxylation sites is 2. The van der Waals surface area contributed by atoms with E-state index in [-0.39, 0.29) is 36.9 Å². The minimum atomic E-state index is -0.221. The number of rotatable bonds is 8. The molecule has 158 valence electrons. The molecule has 0 radical (unpaired) electrons. The topological polar surface area (TPSA) is 90.1 Å². The Labute approximate surface area is 176 Å². The second-order valence-electron chi connectivity index (χ2n) is 7.75. The number of amides is 3. The Hall–Kier alpha value is -3.35. The number of imidazole rings is 1. The van der Waals surface area contributed by atoms with Crippen molar-refractivity contribution in [2.24, 2.45) is 5.92 Å². The van der Waals surface area contributed by atoms with Gasteiger partial charge in [0.2, 0.25) is 5.91 Å². The molecule has 0 saturated heterocycles. The summed E-state index contributed by atoms with van der Waals surface area (Å²) in [6.07, 6.45) is 0.203. The van der Waals surface area contributed by atoms with E-state index in [1.54, 1.807) is 11.9 Å². The maximum Gasteiger partial charge on any atom is 0.317 e. The monoisotopic (exact) mass is 407 g/mol. The quantitative estimate of drug-likeness (QED) is 0.533. The lowest BCUT2D eigenvalue weighted by Gasteiger charge is -2.21. The fraction of sp³-hybridized carbons (Fsp3) is 0.348. The molecule has 3 aromatic rings. The lowest BCUT2D eigenvalue weighted by Crippen LogP contribution is -2.39. The number of fused-ring (bicyclic) bond motifs is 1. The molecule has 0 aliphatic rings. The number of hydrogen-bond acceptors (Lipinski definition) is 3. The lowest BCUT2D eigenvalue weighted by molar-refractivity contribution is -0.122. The van der Waals surface area contributed by atoms with E-state index in [0.29, 0.717) is 6.54 Å². The van der Waals surface area contributed by atoms with Gasteiger partial charge >= 0.3 is 6.03 Å². The molecule has 1 atom stereocenters. The van der Waals surface area contributed by atoms with Crippen LogP contribution in [0.25, 0.3) is 11.0 Å². The number of urea groups is 1. The van der Waals surface area contributed by atoms with E-state index in [1.165, 1.54) is 0 Å². The Balaban J connectivity index is 1.49. The van der Waals surface area contributed by atoms with Crippen molar-refractivity contribution in [2.45, 2.75) is 32.9 Å². The molecule has 0 spiro atoms. The standard InChI is InChI=1S/C23H29N5O2/c1-16(2)21(22-25-18-11-7-8-12-19(18)26-22)27-20(29)13-14-24-23(30)28(3)15-17-9-5-4-6-10-17/h4-12,16,21H,13-15H2,1-3H3,(H,24,30)(H,25,26)(H,27,29). The van der Waals surface area contributed by atoms with E-state index in [0.717, 1.165) is 22.4 Å². The molecule has 1 heterocycles. The molecule has 0 fully saturated rings. The fourth-order valence-electron chi connectivity index (χ4n) is 3.26. The average Bonchev–Trinajstić information content (AvgIpc) is 3.16. The van der Waals surface area contributed by atoms with Gasteiger partial charge in [-0.25, -0.2) is 9.78 Å². The molecular weight excluding hydrogens is 378 g/mol. The van der Waals surface area contributed by atoms with Crippen LogP contribution in [0.2, 0.25) is 0 Å². The normalized spacial score (nSPS) is 12.0. The van der Waals surface area contributed by atoms with Crippen molar-refractivity contribution in [1.29, 1.82) is 0 Å². The number of carbonyl (C=O) groups excluding carboxylic acids is 2. The van der Waals surface area contributed by atoms with Crippen LogP contribution in [0.3, 0.4) is 0 Å². The van der Waals surface area contributed by atoms with Crippen molar-refractivity contribution in [1.82, 2.24) is 25.5 Å². The van der Waals surface area contributed by atoms with E-state index < -0.39 is 0 Å². The number of hydrogen-bond donors (Lipinski definition) is 3. The Bertz CT molecular complexity index is 950. The van der Waals surface area contributed by atoms with Crippen LogP contribution < -0.4 is 10.6 Å². The number of aromatic nitrogens is 2. The van der Waals surface area contributed by atoms with Gasteiger partial charge in [0.05, 0.1) is 17.1 Å². The van der Waals surface area contributed by atoms with Crippen molar-refractivity contribution in [3.05, 3.63) is 66.0 Å². The second-order valence-corrected chi connectivity index (χ2v) is 7.75. The smallest absolute Gasteiger partial charge is 0.317 e. The summed E-state index contributed by atoms with van der Waals surface area (Å²) in [6.45, 7) is 4.87. The first-order chi connectivity index (χ1) is 14.4. The van der Waals surface area contributed by atoms with Gasteiger partial charge in [0.25, 0.3) is 0 Å². The van der Waals surface area contributed by atoms with Crippen molar-refractivity contribution in [2.75, 3.05) is 13.6 Å². The van der Waals surface area contributed by atoms with Gasteiger partial charge in [-0.05, 0) is 23.6 Å². The summed E-state index contributed by atoms with van der Waals surface area (Å²) < 4.78 is 0. The zero-order chi connectivity index (χ0) is 21.5. The van der Waals surface area contributed by atoms with E-state index in [1.807, 2.05) is 68.4 Å². The number of benzene rings is 2. The Kier molecular flexibility index (Phi) is 7.06. The zero-order valence-electron chi connectivity index (χ0n) is 17.7. The van der Waals surface area contributed by atoms with Crippen molar-refractivity contribution in [3.63, 3.8) is 0 Å². The minimum absolute atomic E-state index is 0.125. The molecule has 30 heavy (non-hydrogen) atoms. The molecular formula is C23H29N5O2. The first-order valence-corrected chi connectivity index (χ1v) is 10.2. The average molecular weight is 408 g/mol. The summed E-state index contributed by atoms with van der Waals surface area (Å²) >= 11 is 0. The first-order valence-electron chi connectivity index (χ1n) is 10.2. The largest absolute Gasteiger partial charge is 0.346 e. The van der Waals surface area contributed by atoms with Gasteiger partial charge in [-0.3, -0.25) is 4.79 Å². The molecule has 3 amide bonds. The molecule has 2 aromatic carbocycles. The molecule has 7 heteroatoms. The summed E-state index contributed by atoms with van der Waals surface area (Å²) in [6, 6.07) is 17.1. The van der Waals surface area contributed by atoms with Crippen LogP contribution in [0.5, 0.6) is 0 Å². The predicted molar refractivity (Wildman–Crippen MR) is 118 cm³/mol. The fourth-order valence-corrected chi connectivity index (χ4v) is 3.26. The third-order valence-corrected chi connectivity index (χ3v) is 4.92. The molecule has 3 rings (SSSR count). The maximum atomic E-state index is 12.5. The molecule has 1 aromatic heterocycles. The van der Waals surface area contributed by atoms with Crippen molar-refractivity contribution < 1.29 is 9.59 Å². The predicted octanol–water partition coefficient (Wildman–Crippen LogP) is 3.61. The highest BCUT2D eigenvalue weighted by Crippen LogP contribution is 2.22. The van der Waals surface area contributed by atoms with Gasteiger partial charge in [0, 0.05) is 26.6 Å². The maximum absolute atomic E-state index is 12.5. The summed E-state index contributed by atoms with van der Waals surface area (Å²) in [5, 5.41) is 5.84. The molecule has 0 aliphatic heterocycles. The highest BCUT2D eigenvalue weighted by atomic mass is 16.2. The number of carbonyl (C=O) groups is 2. The van der Waals surface area contributed by atoms with E-state index in [9.17, 15) is 9.59 Å². The SMILES string of the molecule is CC(C)C(NC(=O)CCNC(=O)N(C)Cc1ccccc1)c1nc2ccccc2[nH]1. The molecule has 7 nitrogen and oxygen atoms in total. The zero-order valence-corrected chi connectivity index (χ0v) is 17.7. The highest BCUT2D eigenvalue weighted by Gasteiger charge is 2.21. The highest BCUT2D eigenvalue weighted by molar-refractivity contribution is 5.79. The van der Waals surface area contributed by atoms with Crippen molar-refractivity contribution >= 4 is 23.0 Å². The lowest BCUT2D eigenvalue weighted by atomic mass is 10.0. The summed E-state index contributed by atoms with van der Waals surface area (Å²) in [7, 11) is 1.73. The number of aromatic amines is 1. The molecule has 0 aliphatic carbocycles. The second kappa shape index (κ2) is 9.91. The third-order valence-electron chi connectivity index (χ3n) is 4.92. The Morgan fingerprint density at radius 3 is 2.47 bits per heavy atom. The van der Waals surface area contributed by atoms with Gasteiger partial charge in [0.15, 0.2) is 0 Å². The number of nitrogens with one attached hydrogen (secondary N) is 3. The number of nitrogens with zero attached hydrogens (tertiary/aromatic N) is 2. The van der Waals surface area contributed by atoms with Crippen LogP contribution in [0.4, 0.5) is 4.79 Å². The molecule has 3 N–H and O–H groups in total. The van der Waals surface area contributed by atoms with Gasteiger partial charge in [-0.1, -0.05) is 56.3 Å². The van der Waals surface area contributed by atoms with Crippen LogP contribution >= 0.6 is 0 Å². The Morgan fingerprint density at radius 2 is 1.77 bits per heavy atom. The van der Waals surface area contributed by atoms with Gasteiger partial charge in [-0.15, -0.1) is 0 Å². The van der Waals surface area contributed by atoms with E-state index in [4.69, 9.17) is 0 Å². The number of H-pyrrole nitrogens is 1. The summed E-state index contributed by atoms with van der Waals surface area (Å²) in [5.41, 5.74) is 2.88. The third kappa shape index (κ3) is 5.59. The Morgan fingerprint density at radius 1 is 1.07 bits per heavy atom. The van der Waals surface area contributed by atoms with Crippen LogP contribution in [0, 0.1) is 5.92 Å². The van der Waals surface area contributed by atoms with Crippen LogP contribution in [-0.4, -0.2) is 40.4 Å². The van der Waals surface area contributed by atoms with E-state index >= 15 is 0 Å². The first kappa shape index (κ1) is 21.4.